The average Bonchev–Trinajstić information content (AvgIpc) is 2.90. The van der Waals surface area contributed by atoms with Gasteiger partial charge in [0.15, 0.2) is 0 Å². The Balaban J connectivity index is 1.93. The second-order valence-electron chi connectivity index (χ2n) is 4.20. The van der Waals surface area contributed by atoms with Gasteiger partial charge in [-0.05, 0) is 36.2 Å². The third kappa shape index (κ3) is 4.11. The van der Waals surface area contributed by atoms with E-state index in [-0.39, 0.29) is 10.8 Å². The van der Waals surface area contributed by atoms with Gasteiger partial charge in [-0.15, -0.1) is 11.3 Å². The quantitative estimate of drug-likeness (QED) is 0.805. The molecule has 7 heteroatoms. The molecule has 2 aromatic rings. The van der Waals surface area contributed by atoms with Gasteiger partial charge >= 0.3 is 0 Å². The Morgan fingerprint density at radius 1 is 1.15 bits per heavy atom. The molecule has 0 spiro atoms. The summed E-state index contributed by atoms with van der Waals surface area (Å²) < 4.78 is 27.0. The van der Waals surface area contributed by atoms with Gasteiger partial charge in [0.1, 0.15) is 4.21 Å². The number of aliphatic hydroxyl groups excluding tert-OH is 1. The molecule has 0 aromatic carbocycles. The predicted octanol–water partition coefficient (Wildman–Crippen LogP) is 1.20. The van der Waals surface area contributed by atoms with Crippen molar-refractivity contribution in [3.8, 4) is 0 Å². The van der Waals surface area contributed by atoms with E-state index in [2.05, 4.69) is 9.71 Å². The third-order valence-electron chi connectivity index (χ3n) is 2.72. The number of aromatic nitrogens is 1. The highest BCUT2D eigenvalue weighted by Gasteiger charge is 2.16. The monoisotopic (exact) mass is 312 g/mol. The molecule has 0 atom stereocenters. The Hall–Kier alpha value is -1.28. The number of sulfonamides is 1. The van der Waals surface area contributed by atoms with Crippen molar-refractivity contribution in [2.75, 3.05) is 13.2 Å². The highest BCUT2D eigenvalue weighted by Crippen LogP contribution is 2.21. The second kappa shape index (κ2) is 6.94. The molecule has 0 unspecified atom stereocenters. The molecule has 0 saturated carbocycles. The summed E-state index contributed by atoms with van der Waals surface area (Å²) in [6.07, 6.45) is 4.47. The van der Waals surface area contributed by atoms with Crippen molar-refractivity contribution >= 4 is 21.4 Å². The molecule has 0 saturated heterocycles. The maximum Gasteiger partial charge on any atom is 0.250 e. The number of rotatable bonds is 7. The highest BCUT2D eigenvalue weighted by atomic mass is 32.2. The van der Waals surface area contributed by atoms with Crippen LogP contribution in [-0.4, -0.2) is 31.7 Å². The smallest absolute Gasteiger partial charge is 0.250 e. The van der Waals surface area contributed by atoms with Gasteiger partial charge in [0.25, 0.3) is 0 Å². The molecule has 0 fully saturated rings. The van der Waals surface area contributed by atoms with Crippen molar-refractivity contribution in [1.29, 1.82) is 0 Å². The Kier molecular flexibility index (Phi) is 5.24. The van der Waals surface area contributed by atoms with E-state index in [4.69, 9.17) is 5.11 Å². The fourth-order valence-corrected chi connectivity index (χ4v) is 4.12. The molecule has 108 valence electrons. The normalized spacial score (nSPS) is 11.7. The lowest BCUT2D eigenvalue weighted by Crippen LogP contribution is -2.25. The van der Waals surface area contributed by atoms with Crippen LogP contribution < -0.4 is 4.72 Å². The van der Waals surface area contributed by atoms with Gasteiger partial charge in [-0.1, -0.05) is 0 Å². The van der Waals surface area contributed by atoms with E-state index < -0.39 is 10.0 Å². The molecule has 2 heterocycles. The van der Waals surface area contributed by atoms with Gasteiger partial charge in [-0.2, -0.15) is 0 Å². The van der Waals surface area contributed by atoms with E-state index in [0.29, 0.717) is 19.4 Å². The zero-order valence-corrected chi connectivity index (χ0v) is 12.5. The average molecular weight is 312 g/mol. The first-order chi connectivity index (χ1) is 9.62. The number of hydrogen-bond donors (Lipinski definition) is 2. The van der Waals surface area contributed by atoms with Crippen molar-refractivity contribution in [3.05, 3.63) is 47.1 Å². The standard InChI is InChI=1S/C13H16N2O3S2/c16-10-6-12-1-2-13(19-12)20(17,18)15-9-5-11-3-7-14-8-4-11/h1-4,7-8,15-16H,5-6,9-10H2. The molecule has 0 aliphatic heterocycles. The summed E-state index contributed by atoms with van der Waals surface area (Å²) in [5, 5.41) is 8.84. The number of nitrogens with zero attached hydrogens (tertiary/aromatic N) is 1. The molecular formula is C13H16N2O3S2. The van der Waals surface area contributed by atoms with Crippen LogP contribution in [0.1, 0.15) is 10.4 Å². The minimum absolute atomic E-state index is 0.0233. The molecule has 2 aromatic heterocycles. The molecule has 2 rings (SSSR count). The van der Waals surface area contributed by atoms with Crippen LogP contribution in [0.15, 0.2) is 40.9 Å². The SMILES string of the molecule is O=S(=O)(NCCc1ccncc1)c1ccc(CCO)s1. The highest BCUT2D eigenvalue weighted by molar-refractivity contribution is 7.91. The summed E-state index contributed by atoms with van der Waals surface area (Å²) in [5.41, 5.74) is 1.04. The maximum atomic E-state index is 12.1. The number of hydrogen-bond acceptors (Lipinski definition) is 5. The number of nitrogens with one attached hydrogen (secondary N) is 1. The molecular weight excluding hydrogens is 296 g/mol. The van der Waals surface area contributed by atoms with Crippen LogP contribution in [0.5, 0.6) is 0 Å². The van der Waals surface area contributed by atoms with Crippen LogP contribution in [0.4, 0.5) is 0 Å². The summed E-state index contributed by atoms with van der Waals surface area (Å²) in [6, 6.07) is 7.03. The van der Waals surface area contributed by atoms with Gasteiger partial charge in [0.05, 0.1) is 0 Å². The van der Waals surface area contributed by atoms with E-state index in [9.17, 15) is 8.42 Å². The van der Waals surface area contributed by atoms with Gasteiger partial charge in [0, 0.05) is 36.8 Å². The second-order valence-corrected chi connectivity index (χ2v) is 7.36. The number of pyridine rings is 1. The van der Waals surface area contributed by atoms with Gasteiger partial charge in [0.2, 0.25) is 10.0 Å². The molecule has 0 bridgehead atoms. The summed E-state index contributed by atoms with van der Waals surface area (Å²) >= 11 is 1.19. The first-order valence-corrected chi connectivity index (χ1v) is 8.50. The third-order valence-corrected chi connectivity index (χ3v) is 5.81. The van der Waals surface area contributed by atoms with Crippen molar-refractivity contribution in [2.24, 2.45) is 0 Å². The first kappa shape index (κ1) is 15.1. The van der Waals surface area contributed by atoms with Crippen molar-refractivity contribution in [3.63, 3.8) is 0 Å². The van der Waals surface area contributed by atoms with Crippen LogP contribution in [0.25, 0.3) is 0 Å². The summed E-state index contributed by atoms with van der Waals surface area (Å²) in [7, 11) is -3.46. The molecule has 0 aliphatic rings. The van der Waals surface area contributed by atoms with Gasteiger partial charge in [-0.3, -0.25) is 4.98 Å². The Labute approximate surface area is 122 Å². The largest absolute Gasteiger partial charge is 0.396 e. The topological polar surface area (TPSA) is 79.3 Å². The number of thiophene rings is 1. The molecule has 0 amide bonds. The van der Waals surface area contributed by atoms with E-state index in [1.54, 1.807) is 24.5 Å². The van der Waals surface area contributed by atoms with E-state index in [1.165, 1.54) is 11.3 Å². The van der Waals surface area contributed by atoms with Crippen molar-refractivity contribution in [2.45, 2.75) is 17.1 Å². The molecule has 0 radical (unpaired) electrons. The molecule has 2 N–H and O–H groups in total. The molecule has 0 aliphatic carbocycles. The fourth-order valence-electron chi connectivity index (χ4n) is 1.70. The minimum atomic E-state index is -3.46. The summed E-state index contributed by atoms with van der Waals surface area (Å²) in [4.78, 5) is 4.78. The lowest BCUT2D eigenvalue weighted by molar-refractivity contribution is 0.300. The van der Waals surface area contributed by atoms with E-state index in [0.717, 1.165) is 10.4 Å². The zero-order valence-electron chi connectivity index (χ0n) is 10.8. The van der Waals surface area contributed by atoms with E-state index in [1.807, 2.05) is 12.1 Å². The van der Waals surface area contributed by atoms with E-state index >= 15 is 0 Å². The van der Waals surface area contributed by atoms with Crippen molar-refractivity contribution in [1.82, 2.24) is 9.71 Å². The molecule has 20 heavy (non-hydrogen) atoms. The Morgan fingerprint density at radius 2 is 1.90 bits per heavy atom. The van der Waals surface area contributed by atoms with Gasteiger partial charge in [-0.25, -0.2) is 13.1 Å². The first-order valence-electron chi connectivity index (χ1n) is 6.20. The van der Waals surface area contributed by atoms with Crippen LogP contribution in [-0.2, 0) is 22.9 Å². The van der Waals surface area contributed by atoms with Crippen molar-refractivity contribution < 1.29 is 13.5 Å². The number of aliphatic hydroxyl groups is 1. The van der Waals surface area contributed by atoms with Crippen LogP contribution in [0, 0.1) is 0 Å². The lowest BCUT2D eigenvalue weighted by atomic mass is 10.2. The minimum Gasteiger partial charge on any atom is -0.396 e. The van der Waals surface area contributed by atoms with Crippen LogP contribution in [0.3, 0.4) is 0 Å². The van der Waals surface area contributed by atoms with Crippen LogP contribution in [0.2, 0.25) is 0 Å². The predicted molar refractivity (Wildman–Crippen MR) is 78.2 cm³/mol. The maximum absolute atomic E-state index is 12.1. The fraction of sp³-hybridized carbons (Fsp3) is 0.308. The summed E-state index contributed by atoms with van der Waals surface area (Å²) in [6.45, 7) is 0.370. The Bertz CT molecular complexity index is 639. The van der Waals surface area contributed by atoms with Crippen LogP contribution >= 0.6 is 11.3 Å². The zero-order chi connectivity index (χ0) is 14.4. The lowest BCUT2D eigenvalue weighted by Gasteiger charge is -2.04. The summed E-state index contributed by atoms with van der Waals surface area (Å²) in [5.74, 6) is 0. The van der Waals surface area contributed by atoms with Gasteiger partial charge < -0.3 is 5.11 Å². The molecule has 5 nitrogen and oxygen atoms in total. The Morgan fingerprint density at radius 3 is 2.60 bits per heavy atom.